The number of hydrogen-bond acceptors (Lipinski definition) is 7. The zero-order chi connectivity index (χ0) is 23.5. The van der Waals surface area contributed by atoms with Crippen molar-refractivity contribution in [3.8, 4) is 17.9 Å². The highest BCUT2D eigenvalue weighted by atomic mass is 16.4. The molecule has 1 aromatic carbocycles. The molecular formula is C22H25N7O3. The molecule has 2 rings (SSSR count). The molecule has 0 aliphatic heterocycles. The number of carboxylic acid groups (broad SMARTS) is 1. The SMILES string of the molecule is CNc1nc(Nc2ccc(C#N)cc2)ncc1C#CCCCNC(=O)C(C)N(C)C(=O)O. The number of nitrogens with one attached hydrogen (secondary N) is 3. The van der Waals surface area contributed by atoms with Crippen molar-refractivity contribution in [2.24, 2.45) is 0 Å². The summed E-state index contributed by atoms with van der Waals surface area (Å²) in [4.78, 5) is 32.4. The van der Waals surface area contributed by atoms with Crippen LogP contribution in [0.4, 0.5) is 22.2 Å². The van der Waals surface area contributed by atoms with Gasteiger partial charge in [0.25, 0.3) is 0 Å². The van der Waals surface area contributed by atoms with Crippen LogP contribution in [0.5, 0.6) is 0 Å². The molecule has 4 N–H and O–H groups in total. The van der Waals surface area contributed by atoms with Gasteiger partial charge in [0.15, 0.2) is 0 Å². The highest BCUT2D eigenvalue weighted by Gasteiger charge is 2.20. The van der Waals surface area contributed by atoms with Crippen LogP contribution >= 0.6 is 0 Å². The maximum Gasteiger partial charge on any atom is 0.407 e. The predicted molar refractivity (Wildman–Crippen MR) is 120 cm³/mol. The molecule has 0 spiro atoms. The molecule has 10 nitrogen and oxygen atoms in total. The van der Waals surface area contributed by atoms with E-state index in [0.717, 1.165) is 10.6 Å². The summed E-state index contributed by atoms with van der Waals surface area (Å²) in [6.45, 7) is 1.93. The Balaban J connectivity index is 1.87. The van der Waals surface area contributed by atoms with Gasteiger partial charge in [-0.25, -0.2) is 9.78 Å². The Hall–Kier alpha value is -4.31. The second-order valence-electron chi connectivity index (χ2n) is 6.79. The number of carbonyl (C=O) groups is 2. The van der Waals surface area contributed by atoms with Crippen LogP contribution in [0, 0.1) is 23.2 Å². The van der Waals surface area contributed by atoms with Gasteiger partial charge in [0.05, 0.1) is 23.4 Å². The lowest BCUT2D eigenvalue weighted by molar-refractivity contribution is -0.124. The summed E-state index contributed by atoms with van der Waals surface area (Å²) >= 11 is 0. The second-order valence-corrected chi connectivity index (χ2v) is 6.79. The summed E-state index contributed by atoms with van der Waals surface area (Å²) in [5.41, 5.74) is 1.97. The zero-order valence-electron chi connectivity index (χ0n) is 18.1. The third-order valence-corrected chi connectivity index (χ3v) is 4.56. The minimum Gasteiger partial charge on any atom is -0.465 e. The molecule has 0 saturated heterocycles. The average molecular weight is 435 g/mol. The Morgan fingerprint density at radius 2 is 2.00 bits per heavy atom. The highest BCUT2D eigenvalue weighted by molar-refractivity contribution is 5.84. The van der Waals surface area contributed by atoms with E-state index in [-0.39, 0.29) is 5.91 Å². The zero-order valence-corrected chi connectivity index (χ0v) is 18.1. The molecule has 1 atom stereocenters. The normalized spacial score (nSPS) is 10.7. The van der Waals surface area contributed by atoms with Crippen molar-refractivity contribution in [3.05, 3.63) is 41.6 Å². The van der Waals surface area contributed by atoms with Crippen LogP contribution in [0.2, 0.25) is 0 Å². The van der Waals surface area contributed by atoms with Gasteiger partial charge in [-0.1, -0.05) is 11.8 Å². The van der Waals surface area contributed by atoms with E-state index in [4.69, 9.17) is 10.4 Å². The van der Waals surface area contributed by atoms with Gasteiger partial charge in [-0.2, -0.15) is 10.2 Å². The van der Waals surface area contributed by atoms with Gasteiger partial charge in [0.1, 0.15) is 11.9 Å². The minimum atomic E-state index is -1.15. The number of rotatable bonds is 8. The average Bonchev–Trinajstić information content (AvgIpc) is 2.81. The first-order valence-corrected chi connectivity index (χ1v) is 9.90. The Bertz CT molecular complexity index is 1050. The van der Waals surface area contributed by atoms with E-state index in [1.54, 1.807) is 37.5 Å². The van der Waals surface area contributed by atoms with Crippen LogP contribution in [-0.4, -0.2) is 58.7 Å². The summed E-state index contributed by atoms with van der Waals surface area (Å²) in [6.07, 6.45) is 1.62. The third-order valence-electron chi connectivity index (χ3n) is 4.56. The number of anilines is 3. The monoisotopic (exact) mass is 435 g/mol. The lowest BCUT2D eigenvalue weighted by atomic mass is 10.2. The van der Waals surface area contributed by atoms with Crippen LogP contribution in [0.15, 0.2) is 30.5 Å². The quantitative estimate of drug-likeness (QED) is 0.365. The fourth-order valence-electron chi connectivity index (χ4n) is 2.52. The van der Waals surface area contributed by atoms with E-state index in [2.05, 4.69) is 43.8 Å². The molecule has 10 heteroatoms. The largest absolute Gasteiger partial charge is 0.465 e. The van der Waals surface area contributed by atoms with E-state index in [1.807, 2.05) is 0 Å². The summed E-state index contributed by atoms with van der Waals surface area (Å²) in [5, 5.41) is 26.5. The molecular weight excluding hydrogens is 410 g/mol. The van der Waals surface area contributed by atoms with E-state index < -0.39 is 12.1 Å². The van der Waals surface area contributed by atoms with E-state index >= 15 is 0 Å². The van der Waals surface area contributed by atoms with Crippen molar-refractivity contribution in [2.75, 3.05) is 31.3 Å². The molecule has 1 unspecified atom stereocenters. The van der Waals surface area contributed by atoms with Crippen molar-refractivity contribution in [3.63, 3.8) is 0 Å². The number of unbranched alkanes of at least 4 members (excludes halogenated alkanes) is 1. The highest BCUT2D eigenvalue weighted by Crippen LogP contribution is 2.17. The molecule has 2 amide bonds. The number of aromatic nitrogens is 2. The molecule has 0 bridgehead atoms. The van der Waals surface area contributed by atoms with Crippen molar-refractivity contribution in [2.45, 2.75) is 25.8 Å². The van der Waals surface area contributed by atoms with Crippen molar-refractivity contribution >= 4 is 29.5 Å². The minimum absolute atomic E-state index is 0.348. The number of amides is 2. The number of likely N-dealkylation sites (N-methyl/N-ethyl adjacent to an activating group) is 1. The summed E-state index contributed by atoms with van der Waals surface area (Å²) in [7, 11) is 3.09. The maximum absolute atomic E-state index is 11.9. The van der Waals surface area contributed by atoms with E-state index in [0.29, 0.717) is 42.3 Å². The molecule has 166 valence electrons. The van der Waals surface area contributed by atoms with Crippen molar-refractivity contribution in [1.82, 2.24) is 20.2 Å². The van der Waals surface area contributed by atoms with Gasteiger partial charge in [-0.15, -0.1) is 0 Å². The molecule has 2 aromatic rings. The van der Waals surface area contributed by atoms with Gasteiger partial charge in [-0.05, 0) is 37.6 Å². The van der Waals surface area contributed by atoms with Crippen LogP contribution in [0.1, 0.15) is 30.9 Å². The van der Waals surface area contributed by atoms with E-state index in [1.165, 1.54) is 14.0 Å². The molecule has 0 radical (unpaired) electrons. The standard InChI is InChI=1S/C22H25N7O3/c1-15(29(3)22(31)32)20(30)25-12-6-4-5-7-17-14-26-21(28-19(17)24-2)27-18-10-8-16(13-23)9-11-18/h8-11,14-15H,4,6,12H2,1-3H3,(H,25,30)(H,31,32)(H2,24,26,27,28). The summed E-state index contributed by atoms with van der Waals surface area (Å²) in [6, 6.07) is 8.26. The van der Waals surface area contributed by atoms with Gasteiger partial charge >= 0.3 is 6.09 Å². The Morgan fingerprint density at radius 1 is 1.28 bits per heavy atom. The molecule has 1 aromatic heterocycles. The Kier molecular flexibility index (Phi) is 8.81. The molecule has 0 fully saturated rings. The fraction of sp³-hybridized carbons (Fsp3) is 0.318. The van der Waals surface area contributed by atoms with Gasteiger partial charge in [0, 0.05) is 32.7 Å². The second kappa shape index (κ2) is 11.8. The first-order valence-electron chi connectivity index (χ1n) is 9.90. The molecule has 0 aliphatic rings. The number of nitrogens with zero attached hydrogens (tertiary/aromatic N) is 4. The lowest BCUT2D eigenvalue weighted by Crippen LogP contribution is -2.45. The smallest absolute Gasteiger partial charge is 0.407 e. The number of carbonyl (C=O) groups excluding carboxylic acids is 1. The number of nitriles is 1. The predicted octanol–water partition coefficient (Wildman–Crippen LogP) is 2.38. The fourth-order valence-corrected chi connectivity index (χ4v) is 2.52. The van der Waals surface area contributed by atoms with Gasteiger partial charge in [-0.3, -0.25) is 9.69 Å². The molecule has 0 saturated carbocycles. The molecule has 0 aliphatic carbocycles. The first kappa shape index (κ1) is 24.0. The molecule has 32 heavy (non-hydrogen) atoms. The van der Waals surface area contributed by atoms with Gasteiger partial charge < -0.3 is 21.1 Å². The number of benzene rings is 1. The summed E-state index contributed by atoms with van der Waals surface area (Å²) < 4.78 is 0. The van der Waals surface area contributed by atoms with Crippen LogP contribution < -0.4 is 16.0 Å². The number of hydrogen-bond donors (Lipinski definition) is 4. The summed E-state index contributed by atoms with van der Waals surface area (Å²) in [5.74, 6) is 6.66. The van der Waals surface area contributed by atoms with Crippen molar-refractivity contribution < 1.29 is 14.7 Å². The van der Waals surface area contributed by atoms with Crippen molar-refractivity contribution in [1.29, 1.82) is 5.26 Å². The van der Waals surface area contributed by atoms with Crippen LogP contribution in [0.3, 0.4) is 0 Å². The topological polar surface area (TPSA) is 143 Å². The van der Waals surface area contributed by atoms with E-state index in [9.17, 15) is 9.59 Å². The van der Waals surface area contributed by atoms with Crippen LogP contribution in [0.25, 0.3) is 0 Å². The first-order chi connectivity index (χ1) is 15.3. The third kappa shape index (κ3) is 6.89. The lowest BCUT2D eigenvalue weighted by Gasteiger charge is -2.20. The maximum atomic E-state index is 11.9. The van der Waals surface area contributed by atoms with Crippen LogP contribution in [-0.2, 0) is 4.79 Å². The Labute approximate surface area is 186 Å². The molecule has 1 heterocycles. The Morgan fingerprint density at radius 3 is 2.62 bits per heavy atom. The van der Waals surface area contributed by atoms with Gasteiger partial charge in [0.2, 0.25) is 11.9 Å².